The van der Waals surface area contributed by atoms with Crippen molar-refractivity contribution in [2.24, 2.45) is 0 Å². The van der Waals surface area contributed by atoms with E-state index >= 15 is 0 Å². The zero-order valence-electron chi connectivity index (χ0n) is 17.5. The molecule has 1 N–H and O–H groups in total. The van der Waals surface area contributed by atoms with E-state index in [2.05, 4.69) is 11.4 Å². The number of carbonyl (C=O) groups excluding carboxylic acids is 2. The summed E-state index contributed by atoms with van der Waals surface area (Å²) < 4.78 is 5.64. The second-order valence-electron chi connectivity index (χ2n) is 7.91. The molecule has 2 aromatic rings. The molecule has 1 aliphatic carbocycles. The average Bonchev–Trinajstić information content (AvgIpc) is 2.71. The highest BCUT2D eigenvalue weighted by molar-refractivity contribution is 6.04. The van der Waals surface area contributed by atoms with E-state index in [1.165, 1.54) is 6.42 Å². The van der Waals surface area contributed by atoms with Gasteiger partial charge in [0.2, 0.25) is 0 Å². The van der Waals surface area contributed by atoms with Gasteiger partial charge in [-0.3, -0.25) is 9.59 Å². The van der Waals surface area contributed by atoms with E-state index in [0.29, 0.717) is 17.0 Å². The van der Waals surface area contributed by atoms with Crippen LogP contribution in [0.25, 0.3) is 0 Å². The molecule has 5 nitrogen and oxygen atoms in total. The van der Waals surface area contributed by atoms with Crippen molar-refractivity contribution >= 4 is 17.5 Å². The lowest BCUT2D eigenvalue weighted by molar-refractivity contribution is -0.118. The summed E-state index contributed by atoms with van der Waals surface area (Å²) in [7, 11) is 1.86. The van der Waals surface area contributed by atoms with Crippen molar-refractivity contribution in [2.75, 3.05) is 19.0 Å². The Balaban J connectivity index is 1.65. The minimum Gasteiger partial charge on any atom is -0.484 e. The molecular weight excluding hydrogens is 364 g/mol. The Labute approximate surface area is 173 Å². The molecule has 0 aromatic heterocycles. The topological polar surface area (TPSA) is 58.6 Å². The van der Waals surface area contributed by atoms with Crippen molar-refractivity contribution in [3.63, 3.8) is 0 Å². The van der Waals surface area contributed by atoms with Crippen LogP contribution in [0.15, 0.2) is 42.5 Å². The van der Waals surface area contributed by atoms with E-state index in [1.807, 2.05) is 50.1 Å². The number of nitrogens with zero attached hydrogens (tertiary/aromatic N) is 1. The minimum atomic E-state index is -0.287. The SMILES string of the molecule is Cc1cc(C)cc(OCC(=O)Nc2ccccc2C(=O)N(C)C2CCCCC2)c1. The number of benzene rings is 2. The number of hydrogen-bond donors (Lipinski definition) is 1. The van der Waals surface area contributed by atoms with Crippen LogP contribution in [0, 0.1) is 13.8 Å². The van der Waals surface area contributed by atoms with Gasteiger partial charge >= 0.3 is 0 Å². The molecule has 0 aliphatic heterocycles. The van der Waals surface area contributed by atoms with Crippen LogP contribution in [0.3, 0.4) is 0 Å². The largest absolute Gasteiger partial charge is 0.484 e. The molecule has 1 saturated carbocycles. The van der Waals surface area contributed by atoms with Crippen molar-refractivity contribution in [1.29, 1.82) is 0 Å². The van der Waals surface area contributed by atoms with Crippen LogP contribution >= 0.6 is 0 Å². The predicted molar refractivity (Wildman–Crippen MR) is 115 cm³/mol. The first-order chi connectivity index (χ1) is 13.9. The first kappa shape index (κ1) is 20.9. The summed E-state index contributed by atoms with van der Waals surface area (Å²) in [5.41, 5.74) is 3.21. The molecule has 0 bridgehead atoms. The van der Waals surface area contributed by atoms with Crippen LogP contribution in [0.2, 0.25) is 0 Å². The van der Waals surface area contributed by atoms with Crippen molar-refractivity contribution in [2.45, 2.75) is 52.0 Å². The Kier molecular flexibility index (Phi) is 6.91. The fourth-order valence-electron chi connectivity index (χ4n) is 3.95. The molecule has 0 unspecified atom stereocenters. The molecule has 154 valence electrons. The molecule has 0 radical (unpaired) electrons. The van der Waals surface area contributed by atoms with Gasteiger partial charge in [-0.25, -0.2) is 0 Å². The Bertz CT molecular complexity index is 852. The fourth-order valence-corrected chi connectivity index (χ4v) is 3.95. The molecule has 2 amide bonds. The third-order valence-corrected chi connectivity index (χ3v) is 5.44. The van der Waals surface area contributed by atoms with Gasteiger partial charge in [-0.2, -0.15) is 0 Å². The summed E-state index contributed by atoms with van der Waals surface area (Å²) in [5.74, 6) is 0.326. The fraction of sp³-hybridized carbons (Fsp3) is 0.417. The molecule has 1 aliphatic rings. The molecule has 5 heteroatoms. The van der Waals surface area contributed by atoms with Crippen molar-refractivity contribution < 1.29 is 14.3 Å². The Morgan fingerprint density at radius 2 is 1.69 bits per heavy atom. The first-order valence-electron chi connectivity index (χ1n) is 10.3. The van der Waals surface area contributed by atoms with E-state index in [-0.39, 0.29) is 24.5 Å². The highest BCUT2D eigenvalue weighted by Crippen LogP contribution is 2.25. The van der Waals surface area contributed by atoms with Gasteiger partial charge in [0.05, 0.1) is 11.3 Å². The second kappa shape index (κ2) is 9.59. The maximum absolute atomic E-state index is 13.0. The molecule has 0 saturated heterocycles. The summed E-state index contributed by atoms with van der Waals surface area (Å²) in [4.78, 5) is 27.3. The Hall–Kier alpha value is -2.82. The number of rotatable bonds is 6. The van der Waals surface area contributed by atoms with Crippen molar-refractivity contribution in [3.8, 4) is 5.75 Å². The Morgan fingerprint density at radius 1 is 1.03 bits per heavy atom. The third kappa shape index (κ3) is 5.59. The van der Waals surface area contributed by atoms with Crippen LogP contribution in [0.4, 0.5) is 5.69 Å². The van der Waals surface area contributed by atoms with Gasteiger partial charge in [0, 0.05) is 13.1 Å². The number of ether oxygens (including phenoxy) is 1. The zero-order valence-corrected chi connectivity index (χ0v) is 17.5. The van der Waals surface area contributed by atoms with E-state index in [9.17, 15) is 9.59 Å². The quantitative estimate of drug-likeness (QED) is 0.771. The smallest absolute Gasteiger partial charge is 0.262 e. The number of amides is 2. The number of carbonyl (C=O) groups is 2. The summed E-state index contributed by atoms with van der Waals surface area (Å²) in [6.45, 7) is 3.87. The van der Waals surface area contributed by atoms with Gasteiger partial charge in [0.1, 0.15) is 5.75 Å². The van der Waals surface area contributed by atoms with E-state index in [1.54, 1.807) is 12.1 Å². The highest BCUT2D eigenvalue weighted by atomic mass is 16.5. The number of nitrogens with one attached hydrogen (secondary N) is 1. The van der Waals surface area contributed by atoms with E-state index in [4.69, 9.17) is 4.74 Å². The minimum absolute atomic E-state index is 0.0528. The first-order valence-corrected chi connectivity index (χ1v) is 10.3. The molecular formula is C24H30N2O3. The van der Waals surface area contributed by atoms with Gasteiger partial charge < -0.3 is 15.0 Å². The molecule has 1 fully saturated rings. The summed E-state index contributed by atoms with van der Waals surface area (Å²) in [6.07, 6.45) is 5.65. The Morgan fingerprint density at radius 3 is 2.38 bits per heavy atom. The van der Waals surface area contributed by atoms with Gasteiger partial charge in [0.25, 0.3) is 11.8 Å². The monoisotopic (exact) mass is 394 g/mol. The summed E-state index contributed by atoms with van der Waals surface area (Å²) in [5, 5.41) is 2.84. The van der Waals surface area contributed by atoms with Crippen molar-refractivity contribution in [1.82, 2.24) is 4.90 Å². The molecule has 2 aromatic carbocycles. The van der Waals surface area contributed by atoms with Crippen LogP contribution in [-0.2, 0) is 4.79 Å². The average molecular weight is 395 g/mol. The lowest BCUT2D eigenvalue weighted by atomic mass is 9.94. The molecule has 0 spiro atoms. The molecule has 0 atom stereocenters. The number of hydrogen-bond acceptors (Lipinski definition) is 3. The van der Waals surface area contributed by atoms with Gasteiger partial charge in [-0.05, 0) is 62.1 Å². The van der Waals surface area contributed by atoms with E-state index in [0.717, 1.165) is 36.8 Å². The van der Waals surface area contributed by atoms with Gasteiger partial charge in [-0.1, -0.05) is 37.5 Å². The predicted octanol–water partition coefficient (Wildman–Crippen LogP) is 4.73. The van der Waals surface area contributed by atoms with Gasteiger partial charge in [-0.15, -0.1) is 0 Å². The normalized spacial score (nSPS) is 14.3. The number of anilines is 1. The van der Waals surface area contributed by atoms with Crippen LogP contribution in [0.5, 0.6) is 5.75 Å². The van der Waals surface area contributed by atoms with Crippen LogP contribution in [-0.4, -0.2) is 36.4 Å². The third-order valence-electron chi connectivity index (χ3n) is 5.44. The standard InChI is InChI=1S/C24H30N2O3/c1-17-13-18(2)15-20(14-17)29-16-23(27)25-22-12-8-7-11-21(22)24(28)26(3)19-9-5-4-6-10-19/h7-8,11-15,19H,4-6,9-10,16H2,1-3H3,(H,25,27). The van der Waals surface area contributed by atoms with Gasteiger partial charge in [0.15, 0.2) is 6.61 Å². The second-order valence-corrected chi connectivity index (χ2v) is 7.91. The summed E-state index contributed by atoms with van der Waals surface area (Å²) in [6, 6.07) is 13.3. The molecule has 3 rings (SSSR count). The summed E-state index contributed by atoms with van der Waals surface area (Å²) >= 11 is 0. The number of para-hydroxylation sites is 1. The van der Waals surface area contributed by atoms with Crippen molar-refractivity contribution in [3.05, 3.63) is 59.2 Å². The van der Waals surface area contributed by atoms with Crippen LogP contribution < -0.4 is 10.1 Å². The van der Waals surface area contributed by atoms with E-state index < -0.39 is 0 Å². The lowest BCUT2D eigenvalue weighted by Crippen LogP contribution is -2.38. The zero-order chi connectivity index (χ0) is 20.8. The molecule has 29 heavy (non-hydrogen) atoms. The van der Waals surface area contributed by atoms with Crippen LogP contribution in [0.1, 0.15) is 53.6 Å². The maximum Gasteiger partial charge on any atom is 0.262 e. The molecule has 0 heterocycles. The number of aryl methyl sites for hydroxylation is 2. The highest BCUT2D eigenvalue weighted by Gasteiger charge is 2.24. The maximum atomic E-state index is 13.0. The lowest BCUT2D eigenvalue weighted by Gasteiger charge is -2.31.